The Hall–Kier alpha value is -16.0. The Morgan fingerprint density at radius 2 is 0.708 bits per heavy atom. The van der Waals surface area contributed by atoms with E-state index in [9.17, 15) is 52.7 Å². The van der Waals surface area contributed by atoms with E-state index in [4.69, 9.17) is 44.0 Å². The number of fused-ring (bicyclic) bond motifs is 4. The summed E-state index contributed by atoms with van der Waals surface area (Å²) >= 11 is 0. The lowest BCUT2D eigenvalue weighted by molar-refractivity contribution is -0.142. The van der Waals surface area contributed by atoms with Crippen LogP contribution in [0, 0.1) is 0 Å². The van der Waals surface area contributed by atoms with Gasteiger partial charge in [-0.3, -0.25) is 38.9 Å². The quantitative estimate of drug-likeness (QED) is 0.0323. The van der Waals surface area contributed by atoms with E-state index in [0.29, 0.717) is 108 Å². The van der Waals surface area contributed by atoms with Crippen LogP contribution in [0.1, 0.15) is 180 Å². The van der Waals surface area contributed by atoms with Gasteiger partial charge in [-0.1, -0.05) is 173 Å². The van der Waals surface area contributed by atoms with E-state index in [0.717, 1.165) is 131 Å². The smallest absolute Gasteiger partial charge is 0.435 e. The van der Waals surface area contributed by atoms with E-state index in [1.54, 1.807) is 134 Å². The minimum absolute atomic E-state index is 0. The summed E-state index contributed by atoms with van der Waals surface area (Å²) in [5.74, 6) is -0.00746. The molecule has 13 aromatic rings. The zero-order chi connectivity index (χ0) is 101. The third-order valence-corrected chi connectivity index (χ3v) is 26.3. The Bertz CT molecular complexity index is 6700. The number of hydrogen-bond acceptors (Lipinski definition) is 23. The zero-order valence-electron chi connectivity index (χ0n) is 81.4. The molecule has 144 heavy (non-hydrogen) atoms. The highest BCUT2D eigenvalue weighted by molar-refractivity contribution is 6.08. The molecule has 754 valence electrons. The second-order valence-electron chi connectivity index (χ2n) is 38.0. The highest BCUT2D eigenvalue weighted by Crippen LogP contribution is 2.47. The fraction of sp³-hybridized carbons (Fsp3) is 0.367. The fourth-order valence-electron chi connectivity index (χ4n) is 19.2. The van der Waals surface area contributed by atoms with Crippen LogP contribution >= 0.6 is 0 Å². The van der Waals surface area contributed by atoms with Crippen molar-refractivity contribution in [3.8, 4) is 11.5 Å². The summed E-state index contributed by atoms with van der Waals surface area (Å²) in [5.41, 5.74) is 13.0. The second-order valence-corrected chi connectivity index (χ2v) is 38.0. The number of carbonyl (C=O) groups is 11. The number of hydrogen-bond donors (Lipinski definition) is 6. The maximum atomic E-state index is 14.2. The van der Waals surface area contributed by atoms with Crippen LogP contribution in [-0.2, 0) is 83.1 Å². The number of methoxy groups -OCH3 is 2. The van der Waals surface area contributed by atoms with Gasteiger partial charge in [0.2, 0.25) is 29.5 Å². The number of aromatic amines is 1. The Morgan fingerprint density at radius 1 is 0.382 bits per heavy atom. The van der Waals surface area contributed by atoms with Gasteiger partial charge in [-0.15, -0.1) is 0 Å². The Balaban J connectivity index is 0.000000148. The molecule has 7 N–H and O–H groups in total. The van der Waals surface area contributed by atoms with E-state index in [2.05, 4.69) is 41.4 Å². The van der Waals surface area contributed by atoms with Crippen LogP contribution in [0.3, 0.4) is 0 Å². The first kappa shape index (κ1) is 104. The fourth-order valence-corrected chi connectivity index (χ4v) is 19.2. The molecule has 9 aromatic carbocycles. The first-order chi connectivity index (χ1) is 68.9. The molecular formula is C109H124N16O19. The Kier molecular flexibility index (Phi) is 33.6. The molecule has 2 aliphatic carbocycles. The van der Waals surface area contributed by atoms with Crippen molar-refractivity contribution in [2.45, 2.75) is 218 Å². The molecule has 6 aliphatic rings. The van der Waals surface area contributed by atoms with Crippen LogP contribution in [0.25, 0.3) is 43.6 Å². The molecule has 6 fully saturated rings. The van der Waals surface area contributed by atoms with Crippen molar-refractivity contribution >= 4 is 132 Å². The molecule has 4 saturated heterocycles. The van der Waals surface area contributed by atoms with Crippen LogP contribution in [0.4, 0.5) is 46.7 Å². The van der Waals surface area contributed by atoms with Crippen molar-refractivity contribution in [1.29, 1.82) is 0 Å². The van der Waals surface area contributed by atoms with Gasteiger partial charge < -0.3 is 69.7 Å². The number of benzene rings is 9. The van der Waals surface area contributed by atoms with Gasteiger partial charge in [0, 0.05) is 53.4 Å². The van der Waals surface area contributed by atoms with E-state index in [1.807, 2.05) is 163 Å². The number of carboxylic acids is 1. The number of ether oxygens (including phenoxy) is 7. The molecule has 4 aromatic heterocycles. The molecule has 7 amide bonds. The molecule has 0 unspecified atom stereocenters. The second kappa shape index (κ2) is 46.6. The lowest BCUT2D eigenvalue weighted by Crippen LogP contribution is -2.51. The molecule has 8 heterocycles. The number of aliphatic carboxylic acids is 1. The number of aromatic nitrogens is 8. The van der Waals surface area contributed by atoms with E-state index >= 15 is 0 Å². The maximum absolute atomic E-state index is 14.2. The minimum Gasteiger partial charge on any atom is -0.497 e. The van der Waals surface area contributed by atoms with E-state index < -0.39 is 82.6 Å². The number of nitrogens with two attached hydrogens (primary N) is 1. The van der Waals surface area contributed by atoms with Crippen LogP contribution in [-0.4, -0.2) is 206 Å². The number of carboxylic acid groups (broad SMARTS) is 1. The van der Waals surface area contributed by atoms with Crippen LogP contribution in [0.2, 0.25) is 0 Å². The van der Waals surface area contributed by atoms with Gasteiger partial charge in [0.15, 0.2) is 0 Å². The molecule has 35 nitrogen and oxygen atoms in total. The molecule has 0 spiro atoms. The first-order valence-electron chi connectivity index (χ1n) is 48.2. The maximum Gasteiger partial charge on any atom is 0.435 e. The average molecular weight is 1960 g/mol. The number of amides is 7. The molecule has 2 saturated carbocycles. The summed E-state index contributed by atoms with van der Waals surface area (Å²) in [6, 6.07) is 63.0. The largest absolute Gasteiger partial charge is 0.497 e. The summed E-state index contributed by atoms with van der Waals surface area (Å²) < 4.78 is 40.8. The number of likely N-dealkylation sites (tertiary alicyclic amines) is 4. The lowest BCUT2D eigenvalue weighted by atomic mass is 9.77. The third kappa shape index (κ3) is 24.4. The predicted octanol–water partition coefficient (Wildman–Crippen LogP) is 19.2. The summed E-state index contributed by atoms with van der Waals surface area (Å²) in [6.45, 7) is 13.2. The summed E-state index contributed by atoms with van der Waals surface area (Å²) in [7, 11) is 3.27. The number of rotatable bonds is 19. The lowest BCUT2D eigenvalue weighted by Gasteiger charge is -2.35. The first-order valence-corrected chi connectivity index (χ1v) is 48.2. The van der Waals surface area contributed by atoms with Gasteiger partial charge in [0.25, 0.3) is 0 Å². The van der Waals surface area contributed by atoms with Gasteiger partial charge in [-0.25, -0.2) is 28.8 Å². The highest BCUT2D eigenvalue weighted by atomic mass is 16.6. The highest BCUT2D eigenvalue weighted by Gasteiger charge is 2.51. The zero-order valence-corrected chi connectivity index (χ0v) is 81.4. The Morgan fingerprint density at radius 3 is 1.08 bits per heavy atom. The normalized spacial score (nSPS) is 17.1. The third-order valence-electron chi connectivity index (χ3n) is 26.3. The SMILES string of the molecule is C.CC(C)(C)OC(=O)N1CCC[C@@H]1C(=O)Nc1cccc2c1cnn2C(=O)OCc1ccccc1.CC(C)(C)OC(=O)N1CCC[C@@H]1C(=O)O.COc1ccc(C2(C(=O)N3CCC[C@@H]3C(=O)Nc3cccc4[nH]ncc34)CCCC2)cc1.COc1ccc(C2(C(=O)N3CCC[C@@H]3C(=O)Nc3cccc4c3cnn4C(=O)OCc3ccccc3)CCCC2)cc1.Nc1cccc2c1cnn2C(=O)OCc1ccccc1. The summed E-state index contributed by atoms with van der Waals surface area (Å²) in [4.78, 5) is 147. The topological polar surface area (TPSA) is 430 Å². The Labute approximate surface area is 834 Å². The molecule has 0 radical (unpaired) electrons. The van der Waals surface area contributed by atoms with Crippen molar-refractivity contribution in [2.24, 2.45) is 0 Å². The van der Waals surface area contributed by atoms with Crippen LogP contribution in [0.15, 0.2) is 237 Å². The van der Waals surface area contributed by atoms with Crippen LogP contribution < -0.4 is 31.2 Å². The average Bonchev–Trinajstić information content (AvgIpc) is 1.62. The van der Waals surface area contributed by atoms with Crippen molar-refractivity contribution in [1.82, 2.24) is 59.1 Å². The monoisotopic (exact) mass is 1960 g/mol. The molecule has 19 rings (SSSR count). The summed E-state index contributed by atoms with van der Waals surface area (Å²) in [6.07, 6.45) is 16.1. The van der Waals surface area contributed by atoms with Gasteiger partial charge in [-0.2, -0.15) is 34.4 Å². The van der Waals surface area contributed by atoms with Crippen molar-refractivity contribution in [3.05, 3.63) is 265 Å². The molecular weight excluding hydrogens is 1840 g/mol. The van der Waals surface area contributed by atoms with Gasteiger partial charge in [0.05, 0.1) is 89.0 Å². The standard InChI is InChI=1S/C33H34N4O5.C25H28N4O5.C25H28N4O3.C15H13N3O2.C10H17NO4.CH4/c1-41-25-16-14-24(15-17-25)33(18-5-6-19-33)31(39)36-20-8-13-29(36)30(38)35-27-11-7-12-28-26(27)21-34-37(28)32(40)42-22-23-9-3-2-4-10-23;1-25(2,3)34-23(31)28-14-8-13-21(28)22(30)27-19-11-7-12-20-18(19)15-26-29(20)24(32)33-16-17-9-5-4-6-10-17;1-32-18-11-9-17(10-12-18)25(13-2-3-14-25)24(31)29-15-5-8-22(29)23(30)27-20-6-4-7-21-19(20)16-26-28-21;16-13-7-4-8-14-12(13)9-17-18(14)15(19)20-10-11-5-2-1-3-6-11;1-10(2,3)15-9(14)11-6-4-5-7(11)8(12)13;/h2-4,7,9-12,14-17,21,29H,5-6,8,13,18-20,22H2,1H3,(H,35,38);4-7,9-12,15,21H,8,13-14,16H2,1-3H3,(H,27,30);4,6-7,9-12,16,22H,2-3,5,8,13-15H2,1H3,(H,26,28)(H,27,30);1-9H,10,16H2;7H,4-6H2,1-3H3,(H,12,13);1H4/t29-;21-;22-;;7-;/m111.1./s1. The molecule has 4 atom stereocenters. The number of nitrogens with one attached hydrogen (secondary N) is 4. The number of carbonyl (C=O) groups excluding carboxylic acids is 10. The van der Waals surface area contributed by atoms with Gasteiger partial charge in [-0.05, 0) is 219 Å². The van der Waals surface area contributed by atoms with Crippen molar-refractivity contribution in [2.75, 3.05) is 62.1 Å². The van der Waals surface area contributed by atoms with Gasteiger partial charge >= 0.3 is 36.4 Å². The molecule has 4 aliphatic heterocycles. The number of nitrogens with zero attached hydrogens (tertiary/aromatic N) is 11. The van der Waals surface area contributed by atoms with Crippen molar-refractivity contribution in [3.63, 3.8) is 0 Å². The van der Waals surface area contributed by atoms with Crippen LogP contribution in [0.5, 0.6) is 11.5 Å². The molecule has 35 heteroatoms. The van der Waals surface area contributed by atoms with E-state index in [1.165, 1.54) is 25.4 Å². The summed E-state index contributed by atoms with van der Waals surface area (Å²) in [5, 5.41) is 40.1. The van der Waals surface area contributed by atoms with E-state index in [-0.39, 0.29) is 56.8 Å². The predicted molar refractivity (Wildman–Crippen MR) is 544 cm³/mol. The number of nitrogen functional groups attached to an aromatic ring is 1. The minimum atomic E-state index is -0.960. The van der Waals surface area contributed by atoms with Crippen molar-refractivity contribution < 1.29 is 91.0 Å². The number of anilines is 4. The van der Waals surface area contributed by atoms with Gasteiger partial charge in [0.1, 0.15) is 66.7 Å². The number of H-pyrrole nitrogens is 1. The molecule has 0 bridgehead atoms.